The van der Waals surface area contributed by atoms with E-state index in [0.717, 1.165) is 34.7 Å². The lowest BCUT2D eigenvalue weighted by Gasteiger charge is -2.11. The Morgan fingerprint density at radius 1 is 1.43 bits per heavy atom. The molecule has 0 saturated heterocycles. The normalized spacial score (nSPS) is 14.8. The summed E-state index contributed by atoms with van der Waals surface area (Å²) in [5, 5.41) is 19.0. The maximum atomic E-state index is 12.7. The molecule has 3 aromatic rings. The monoisotopic (exact) mass is 397 g/mol. The zero-order valence-corrected chi connectivity index (χ0v) is 16.7. The molecule has 4 rings (SSSR count). The highest BCUT2D eigenvalue weighted by Crippen LogP contribution is 2.42. The molecule has 3 aromatic heterocycles. The molecule has 0 bridgehead atoms. The molecule has 0 radical (unpaired) electrons. The molecule has 146 valence electrons. The SMILES string of the molecule is CC[C@@H](O)CNC(=O)c1cnn(-c2ncc(C)c(-c3cccs3)n2)c1C1CC1. The standard InChI is InChI=1S/C20H23N5O2S/c1-3-14(26)10-21-19(27)15-11-23-25(18(15)13-6-7-13)20-22-9-12(2)17(24-20)16-5-4-8-28-16/h4-5,8-9,11,13-14,26H,3,6-7,10H2,1-2H3,(H,21,27)/t14-/m1/s1. The van der Waals surface area contributed by atoms with Crippen LogP contribution < -0.4 is 5.32 Å². The lowest BCUT2D eigenvalue weighted by atomic mass is 10.1. The molecule has 1 atom stereocenters. The zero-order chi connectivity index (χ0) is 19.7. The van der Waals surface area contributed by atoms with Crippen LogP contribution in [-0.2, 0) is 0 Å². The minimum atomic E-state index is -0.544. The second-order valence-electron chi connectivity index (χ2n) is 7.08. The minimum absolute atomic E-state index is 0.216. The van der Waals surface area contributed by atoms with E-state index in [2.05, 4.69) is 15.4 Å². The number of nitrogens with one attached hydrogen (secondary N) is 1. The average Bonchev–Trinajstić information content (AvgIpc) is 3.21. The van der Waals surface area contributed by atoms with Crippen molar-refractivity contribution in [1.82, 2.24) is 25.1 Å². The Bertz CT molecular complexity index is 979. The molecule has 0 aliphatic heterocycles. The van der Waals surface area contributed by atoms with E-state index in [0.29, 0.717) is 17.9 Å². The summed E-state index contributed by atoms with van der Waals surface area (Å²) in [7, 11) is 0. The minimum Gasteiger partial charge on any atom is -0.391 e. The molecule has 3 heterocycles. The highest BCUT2D eigenvalue weighted by Gasteiger charge is 2.33. The molecule has 0 unspecified atom stereocenters. The zero-order valence-electron chi connectivity index (χ0n) is 15.9. The third-order valence-electron chi connectivity index (χ3n) is 4.89. The van der Waals surface area contributed by atoms with Gasteiger partial charge in [-0.1, -0.05) is 13.0 Å². The third kappa shape index (κ3) is 3.70. The Labute approximate surface area is 167 Å². The first-order valence-electron chi connectivity index (χ1n) is 9.50. The van der Waals surface area contributed by atoms with Crippen molar-refractivity contribution in [3.8, 4) is 16.5 Å². The summed E-state index contributed by atoms with van der Waals surface area (Å²) in [6.07, 6.45) is 5.47. The first-order valence-corrected chi connectivity index (χ1v) is 10.4. The van der Waals surface area contributed by atoms with E-state index in [1.807, 2.05) is 31.4 Å². The number of thiophene rings is 1. The van der Waals surface area contributed by atoms with Crippen LogP contribution in [0, 0.1) is 6.92 Å². The molecular weight excluding hydrogens is 374 g/mol. The maximum Gasteiger partial charge on any atom is 0.254 e. The number of aromatic nitrogens is 4. The number of aryl methyl sites for hydroxylation is 1. The molecule has 28 heavy (non-hydrogen) atoms. The number of carbonyl (C=O) groups excluding carboxylic acids is 1. The Morgan fingerprint density at radius 3 is 2.93 bits per heavy atom. The summed E-state index contributed by atoms with van der Waals surface area (Å²) in [5.41, 5.74) is 3.27. The van der Waals surface area contributed by atoms with Crippen molar-refractivity contribution in [3.63, 3.8) is 0 Å². The summed E-state index contributed by atoms with van der Waals surface area (Å²) in [5.74, 6) is 0.546. The molecule has 0 aromatic carbocycles. The highest BCUT2D eigenvalue weighted by molar-refractivity contribution is 7.13. The smallest absolute Gasteiger partial charge is 0.254 e. The van der Waals surface area contributed by atoms with Gasteiger partial charge in [0.1, 0.15) is 0 Å². The van der Waals surface area contributed by atoms with Gasteiger partial charge in [0, 0.05) is 18.7 Å². The van der Waals surface area contributed by atoms with E-state index in [1.54, 1.807) is 28.4 Å². The van der Waals surface area contributed by atoms with Crippen LogP contribution in [-0.4, -0.2) is 43.4 Å². The number of carbonyl (C=O) groups is 1. The fraction of sp³-hybridized carbons (Fsp3) is 0.400. The van der Waals surface area contributed by atoms with Crippen LogP contribution in [0.15, 0.2) is 29.9 Å². The third-order valence-corrected chi connectivity index (χ3v) is 5.76. The summed E-state index contributed by atoms with van der Waals surface area (Å²) in [6, 6.07) is 4.03. The van der Waals surface area contributed by atoms with Crippen LogP contribution in [0.25, 0.3) is 16.5 Å². The van der Waals surface area contributed by atoms with Gasteiger partial charge in [0.15, 0.2) is 0 Å². The largest absolute Gasteiger partial charge is 0.391 e. The van der Waals surface area contributed by atoms with Crippen molar-refractivity contribution in [1.29, 1.82) is 0 Å². The molecule has 2 N–H and O–H groups in total. The topological polar surface area (TPSA) is 92.9 Å². The van der Waals surface area contributed by atoms with Crippen LogP contribution >= 0.6 is 11.3 Å². The Kier molecular flexibility index (Phi) is 5.23. The first kappa shape index (κ1) is 18.8. The van der Waals surface area contributed by atoms with E-state index >= 15 is 0 Å². The first-order chi connectivity index (χ1) is 13.6. The van der Waals surface area contributed by atoms with Gasteiger partial charge < -0.3 is 10.4 Å². The van der Waals surface area contributed by atoms with Gasteiger partial charge in [-0.05, 0) is 43.2 Å². The van der Waals surface area contributed by atoms with E-state index in [1.165, 1.54) is 0 Å². The number of rotatable bonds is 7. The second kappa shape index (κ2) is 7.81. The Hall–Kier alpha value is -2.58. The summed E-state index contributed by atoms with van der Waals surface area (Å²) in [4.78, 5) is 22.9. The fourth-order valence-corrected chi connectivity index (χ4v) is 3.87. The average molecular weight is 398 g/mol. The van der Waals surface area contributed by atoms with Crippen LogP contribution in [0.4, 0.5) is 0 Å². The van der Waals surface area contributed by atoms with Crippen LogP contribution in [0.2, 0.25) is 0 Å². The number of aliphatic hydroxyl groups is 1. The molecule has 1 aliphatic rings. The van der Waals surface area contributed by atoms with Gasteiger partial charge >= 0.3 is 0 Å². The van der Waals surface area contributed by atoms with Gasteiger partial charge in [0.05, 0.1) is 34.1 Å². The lowest BCUT2D eigenvalue weighted by Crippen LogP contribution is -2.32. The van der Waals surface area contributed by atoms with Gasteiger partial charge in [0.2, 0.25) is 0 Å². The molecular formula is C20H23N5O2S. The number of hydrogen-bond acceptors (Lipinski definition) is 6. The van der Waals surface area contributed by atoms with E-state index in [4.69, 9.17) is 4.98 Å². The van der Waals surface area contributed by atoms with Crippen molar-refractivity contribution in [2.24, 2.45) is 0 Å². The Morgan fingerprint density at radius 2 is 2.25 bits per heavy atom. The predicted molar refractivity (Wildman–Crippen MR) is 108 cm³/mol. The molecule has 8 heteroatoms. The summed E-state index contributed by atoms with van der Waals surface area (Å²) in [6.45, 7) is 4.10. The fourth-order valence-electron chi connectivity index (χ4n) is 3.09. The van der Waals surface area contributed by atoms with Crippen molar-refractivity contribution < 1.29 is 9.90 Å². The molecule has 1 saturated carbocycles. The number of amides is 1. The molecule has 1 amide bonds. The summed E-state index contributed by atoms with van der Waals surface area (Å²) >= 11 is 1.63. The van der Waals surface area contributed by atoms with Crippen LogP contribution in [0.3, 0.4) is 0 Å². The molecule has 1 aliphatic carbocycles. The Balaban J connectivity index is 1.69. The number of aliphatic hydroxyl groups excluding tert-OH is 1. The van der Waals surface area contributed by atoms with Crippen molar-refractivity contribution in [2.75, 3.05) is 6.54 Å². The van der Waals surface area contributed by atoms with E-state index in [9.17, 15) is 9.90 Å². The second-order valence-corrected chi connectivity index (χ2v) is 8.03. The van der Waals surface area contributed by atoms with E-state index < -0.39 is 6.10 Å². The highest BCUT2D eigenvalue weighted by atomic mass is 32.1. The van der Waals surface area contributed by atoms with Gasteiger partial charge in [-0.25, -0.2) is 14.6 Å². The van der Waals surface area contributed by atoms with Gasteiger partial charge in [-0.3, -0.25) is 4.79 Å². The van der Waals surface area contributed by atoms with Crippen LogP contribution in [0.5, 0.6) is 0 Å². The van der Waals surface area contributed by atoms with E-state index in [-0.39, 0.29) is 18.4 Å². The quantitative estimate of drug-likeness (QED) is 0.639. The van der Waals surface area contributed by atoms with Crippen molar-refractivity contribution >= 4 is 17.2 Å². The molecule has 1 fully saturated rings. The van der Waals surface area contributed by atoms with Gasteiger partial charge in [0.25, 0.3) is 11.9 Å². The van der Waals surface area contributed by atoms with Crippen LogP contribution in [0.1, 0.15) is 53.7 Å². The molecule has 0 spiro atoms. The summed E-state index contributed by atoms with van der Waals surface area (Å²) < 4.78 is 1.69. The predicted octanol–water partition coefficient (Wildman–Crippen LogP) is 3.08. The van der Waals surface area contributed by atoms with Crippen molar-refractivity contribution in [3.05, 3.63) is 46.7 Å². The lowest BCUT2D eigenvalue weighted by molar-refractivity contribution is 0.0913. The van der Waals surface area contributed by atoms with Crippen molar-refractivity contribution in [2.45, 2.75) is 45.1 Å². The van der Waals surface area contributed by atoms with Gasteiger partial charge in [-0.2, -0.15) is 5.10 Å². The molecule has 7 nitrogen and oxygen atoms in total. The maximum absolute atomic E-state index is 12.7. The van der Waals surface area contributed by atoms with Gasteiger partial charge in [-0.15, -0.1) is 11.3 Å². The number of hydrogen-bond donors (Lipinski definition) is 2. The number of nitrogens with zero attached hydrogens (tertiary/aromatic N) is 4.